The smallest absolute Gasteiger partial charge is 0.416 e. The van der Waals surface area contributed by atoms with Gasteiger partial charge in [-0.3, -0.25) is 9.59 Å². The summed E-state index contributed by atoms with van der Waals surface area (Å²) in [7, 11) is 2.90. The minimum Gasteiger partial charge on any atom is -0.495 e. The molecule has 0 aliphatic heterocycles. The Morgan fingerprint density at radius 2 is 1.80 bits per heavy atom. The van der Waals surface area contributed by atoms with Gasteiger partial charge in [0.05, 0.1) is 24.0 Å². The van der Waals surface area contributed by atoms with Gasteiger partial charge in [0.1, 0.15) is 5.75 Å². The number of halogens is 3. The first kappa shape index (κ1) is 21.1. The van der Waals surface area contributed by atoms with E-state index in [1.54, 1.807) is 24.3 Å². The van der Waals surface area contributed by atoms with Crippen molar-refractivity contribution in [3.05, 3.63) is 81.8 Å². The summed E-state index contributed by atoms with van der Waals surface area (Å²) in [5.41, 5.74) is -1.14. The molecule has 0 fully saturated rings. The number of benzene rings is 2. The monoisotopic (exact) mass is 417 g/mol. The van der Waals surface area contributed by atoms with Crippen LogP contribution in [0.5, 0.6) is 5.75 Å². The summed E-state index contributed by atoms with van der Waals surface area (Å²) in [6.07, 6.45) is -4.54. The number of carbonyl (C=O) groups excluding carboxylic acids is 1. The minimum absolute atomic E-state index is 0.0799. The standard InChI is InChI=1S/C21H18F3N3O3/c1-13-11-17(28)19(20(29)26(2)16-9-4-5-10-18(16)30-3)25-27(13)15-8-6-7-14(12-15)21(22,23)24/h4-12H,1-3H3. The van der Waals surface area contributed by atoms with Gasteiger partial charge in [-0.2, -0.15) is 18.3 Å². The van der Waals surface area contributed by atoms with Gasteiger partial charge >= 0.3 is 6.18 Å². The molecule has 1 amide bonds. The van der Waals surface area contributed by atoms with Crippen molar-refractivity contribution < 1.29 is 22.7 Å². The molecule has 0 N–H and O–H groups in total. The number of rotatable bonds is 4. The number of carbonyl (C=O) groups is 1. The zero-order chi connectivity index (χ0) is 22.1. The highest BCUT2D eigenvalue weighted by Crippen LogP contribution is 2.30. The topological polar surface area (TPSA) is 64.4 Å². The maximum Gasteiger partial charge on any atom is 0.416 e. The Labute approximate surface area is 170 Å². The van der Waals surface area contributed by atoms with Crippen LogP contribution in [-0.2, 0) is 6.18 Å². The third kappa shape index (κ3) is 4.05. The highest BCUT2D eigenvalue weighted by atomic mass is 19.4. The highest BCUT2D eigenvalue weighted by Gasteiger charge is 2.31. The van der Waals surface area contributed by atoms with E-state index < -0.39 is 28.8 Å². The number of aryl methyl sites for hydroxylation is 1. The summed E-state index contributed by atoms with van der Waals surface area (Å²) in [6, 6.07) is 12.4. The molecule has 3 aromatic rings. The highest BCUT2D eigenvalue weighted by molar-refractivity contribution is 6.05. The van der Waals surface area contributed by atoms with Crippen LogP contribution in [0.4, 0.5) is 18.9 Å². The van der Waals surface area contributed by atoms with Gasteiger partial charge in [-0.25, -0.2) is 4.68 Å². The quantitative estimate of drug-likeness (QED) is 0.647. The Hall–Kier alpha value is -3.62. The lowest BCUT2D eigenvalue weighted by Crippen LogP contribution is -2.33. The number of aromatic nitrogens is 2. The van der Waals surface area contributed by atoms with Crippen LogP contribution in [0.2, 0.25) is 0 Å². The number of para-hydroxylation sites is 2. The number of hydrogen-bond donors (Lipinski definition) is 0. The number of hydrogen-bond acceptors (Lipinski definition) is 4. The van der Waals surface area contributed by atoms with Crippen LogP contribution in [0.1, 0.15) is 21.7 Å². The van der Waals surface area contributed by atoms with Gasteiger partial charge in [-0.15, -0.1) is 0 Å². The van der Waals surface area contributed by atoms with Crippen LogP contribution < -0.4 is 15.1 Å². The van der Waals surface area contributed by atoms with Crippen LogP contribution in [0.15, 0.2) is 59.4 Å². The predicted molar refractivity (Wildman–Crippen MR) is 105 cm³/mol. The predicted octanol–water partition coefficient (Wildman–Crippen LogP) is 3.84. The van der Waals surface area contributed by atoms with E-state index in [2.05, 4.69) is 5.10 Å². The van der Waals surface area contributed by atoms with Gasteiger partial charge in [0.2, 0.25) is 5.43 Å². The normalized spacial score (nSPS) is 11.3. The molecule has 3 rings (SSSR count). The second kappa shape index (κ2) is 8.02. The van der Waals surface area contributed by atoms with Crippen molar-refractivity contribution in [3.63, 3.8) is 0 Å². The van der Waals surface area contributed by atoms with Crippen molar-refractivity contribution >= 4 is 11.6 Å². The van der Waals surface area contributed by atoms with Crippen molar-refractivity contribution in [2.45, 2.75) is 13.1 Å². The molecule has 2 aromatic carbocycles. The number of amides is 1. The summed E-state index contributed by atoms with van der Waals surface area (Å²) < 4.78 is 45.6. The Kier molecular flexibility index (Phi) is 5.64. The van der Waals surface area contributed by atoms with Gasteiger partial charge in [-0.1, -0.05) is 18.2 Å². The van der Waals surface area contributed by atoms with Crippen LogP contribution in [0.25, 0.3) is 5.69 Å². The summed E-state index contributed by atoms with van der Waals surface area (Å²) in [5.74, 6) is -0.302. The van der Waals surface area contributed by atoms with Crippen molar-refractivity contribution in [3.8, 4) is 11.4 Å². The van der Waals surface area contributed by atoms with E-state index in [1.165, 1.54) is 38.1 Å². The molecule has 9 heteroatoms. The first-order valence-electron chi connectivity index (χ1n) is 8.83. The number of alkyl halides is 3. The zero-order valence-electron chi connectivity index (χ0n) is 16.4. The van der Waals surface area contributed by atoms with E-state index in [9.17, 15) is 22.8 Å². The fraction of sp³-hybridized carbons (Fsp3) is 0.190. The molecule has 0 saturated heterocycles. The molecule has 0 radical (unpaired) electrons. The summed E-state index contributed by atoms with van der Waals surface area (Å²) in [4.78, 5) is 26.6. The second-order valence-corrected chi connectivity index (χ2v) is 6.49. The summed E-state index contributed by atoms with van der Waals surface area (Å²) in [6.45, 7) is 1.52. The van der Waals surface area contributed by atoms with Gasteiger partial charge in [0, 0.05) is 18.8 Å². The Morgan fingerprint density at radius 3 is 2.47 bits per heavy atom. The fourth-order valence-corrected chi connectivity index (χ4v) is 2.95. The van der Waals surface area contributed by atoms with E-state index in [0.29, 0.717) is 11.4 Å². The molecule has 0 aliphatic carbocycles. The molecular weight excluding hydrogens is 399 g/mol. The molecule has 156 valence electrons. The lowest BCUT2D eigenvalue weighted by Gasteiger charge is -2.20. The average molecular weight is 417 g/mol. The molecule has 6 nitrogen and oxygen atoms in total. The molecule has 0 unspecified atom stereocenters. The summed E-state index contributed by atoms with van der Waals surface area (Å²) in [5, 5.41) is 4.07. The molecule has 0 saturated carbocycles. The number of methoxy groups -OCH3 is 1. The van der Waals surface area contributed by atoms with Crippen molar-refractivity contribution in [1.29, 1.82) is 0 Å². The Balaban J connectivity index is 2.08. The van der Waals surface area contributed by atoms with Gasteiger partial charge in [0.25, 0.3) is 5.91 Å². The third-order valence-corrected chi connectivity index (χ3v) is 4.48. The lowest BCUT2D eigenvalue weighted by atomic mass is 10.2. The van der Waals surface area contributed by atoms with Crippen LogP contribution >= 0.6 is 0 Å². The number of anilines is 1. The maximum atomic E-state index is 13.1. The molecular formula is C21H18F3N3O3. The zero-order valence-corrected chi connectivity index (χ0v) is 16.4. The van der Waals surface area contributed by atoms with Crippen molar-refractivity contribution in [2.24, 2.45) is 0 Å². The van der Waals surface area contributed by atoms with E-state index >= 15 is 0 Å². The first-order valence-corrected chi connectivity index (χ1v) is 8.83. The molecule has 0 aliphatic rings. The largest absolute Gasteiger partial charge is 0.495 e. The Bertz CT molecular complexity index is 1160. The van der Waals surface area contributed by atoms with E-state index in [-0.39, 0.29) is 11.4 Å². The SMILES string of the molecule is COc1ccccc1N(C)C(=O)c1nn(-c2cccc(C(F)(F)F)c2)c(C)cc1=O. The van der Waals surface area contributed by atoms with Crippen molar-refractivity contribution in [2.75, 3.05) is 19.1 Å². The lowest BCUT2D eigenvalue weighted by molar-refractivity contribution is -0.137. The van der Waals surface area contributed by atoms with E-state index in [0.717, 1.165) is 22.9 Å². The molecule has 1 heterocycles. The van der Waals surface area contributed by atoms with Gasteiger partial charge in [-0.05, 0) is 37.3 Å². The second-order valence-electron chi connectivity index (χ2n) is 6.49. The summed E-state index contributed by atoms with van der Waals surface area (Å²) >= 11 is 0. The minimum atomic E-state index is -4.54. The average Bonchev–Trinajstić information content (AvgIpc) is 2.72. The number of ether oxygens (including phenoxy) is 1. The maximum absolute atomic E-state index is 13.1. The fourth-order valence-electron chi connectivity index (χ4n) is 2.95. The first-order chi connectivity index (χ1) is 14.1. The van der Waals surface area contributed by atoms with Crippen LogP contribution in [-0.4, -0.2) is 29.8 Å². The van der Waals surface area contributed by atoms with Crippen molar-refractivity contribution in [1.82, 2.24) is 9.78 Å². The van der Waals surface area contributed by atoms with E-state index in [4.69, 9.17) is 4.74 Å². The molecule has 30 heavy (non-hydrogen) atoms. The van der Waals surface area contributed by atoms with E-state index in [1.807, 2.05) is 0 Å². The van der Waals surface area contributed by atoms with Gasteiger partial charge in [0.15, 0.2) is 5.69 Å². The Morgan fingerprint density at radius 1 is 1.10 bits per heavy atom. The molecule has 1 aromatic heterocycles. The molecule has 0 spiro atoms. The number of nitrogens with zero attached hydrogens (tertiary/aromatic N) is 3. The molecule has 0 atom stereocenters. The van der Waals surface area contributed by atoms with Gasteiger partial charge < -0.3 is 9.64 Å². The third-order valence-electron chi connectivity index (χ3n) is 4.48. The van der Waals surface area contributed by atoms with Crippen LogP contribution in [0, 0.1) is 6.92 Å². The molecule has 0 bridgehead atoms. The van der Waals surface area contributed by atoms with Crippen LogP contribution in [0.3, 0.4) is 0 Å².